The number of thioether (sulfide) groups is 1. The van der Waals surface area contributed by atoms with Gasteiger partial charge in [0.05, 0.1) is 24.8 Å². The van der Waals surface area contributed by atoms with Crippen molar-refractivity contribution < 1.29 is 14.3 Å². The summed E-state index contributed by atoms with van der Waals surface area (Å²) in [5.74, 6) is 0.860. The van der Waals surface area contributed by atoms with Crippen LogP contribution in [0.5, 0.6) is 5.75 Å². The first-order valence-corrected chi connectivity index (χ1v) is 10.7. The molecule has 1 aromatic heterocycles. The Balaban J connectivity index is 1.70. The van der Waals surface area contributed by atoms with Gasteiger partial charge in [0.25, 0.3) is 0 Å². The average Bonchev–Trinajstić information content (AvgIpc) is 3.15. The molecule has 3 rings (SSSR count). The van der Waals surface area contributed by atoms with Gasteiger partial charge in [-0.15, -0.1) is 0 Å². The maximum atomic E-state index is 12.4. The second kappa shape index (κ2) is 10.1. The lowest BCUT2D eigenvalue weighted by Crippen LogP contribution is -2.15. The van der Waals surface area contributed by atoms with Crippen molar-refractivity contribution in [2.75, 3.05) is 18.2 Å². The molecule has 1 heterocycles. The van der Waals surface area contributed by atoms with E-state index in [1.807, 2.05) is 30.5 Å². The molecule has 0 radical (unpaired) electrons. The van der Waals surface area contributed by atoms with Gasteiger partial charge < -0.3 is 14.6 Å². The third-order valence-corrected chi connectivity index (χ3v) is 5.53. The fourth-order valence-corrected chi connectivity index (χ4v) is 3.85. The fourth-order valence-electron chi connectivity index (χ4n) is 3.05. The van der Waals surface area contributed by atoms with Gasteiger partial charge in [-0.25, -0.2) is 4.98 Å². The van der Waals surface area contributed by atoms with Crippen LogP contribution < -0.4 is 10.1 Å². The Labute approximate surface area is 180 Å². The number of ether oxygens (including phenoxy) is 1. The summed E-state index contributed by atoms with van der Waals surface area (Å²) in [6, 6.07) is 14.8. The summed E-state index contributed by atoms with van der Waals surface area (Å²) in [7, 11) is 1.65. The van der Waals surface area contributed by atoms with Gasteiger partial charge in [0.15, 0.2) is 10.9 Å². The predicted octanol–water partition coefficient (Wildman–Crippen LogP) is 4.90. The van der Waals surface area contributed by atoms with Crippen molar-refractivity contribution in [3.63, 3.8) is 0 Å². The SMILES string of the molecule is CCCn1c(-c2ccc(OC)cc2)cnc1SCC(=O)Nc1cccc(C(C)=O)c1. The smallest absolute Gasteiger partial charge is 0.234 e. The monoisotopic (exact) mass is 423 g/mol. The van der Waals surface area contributed by atoms with Crippen LogP contribution in [0.25, 0.3) is 11.3 Å². The van der Waals surface area contributed by atoms with Gasteiger partial charge in [0.2, 0.25) is 5.91 Å². The van der Waals surface area contributed by atoms with Crippen LogP contribution in [0.4, 0.5) is 5.69 Å². The molecule has 3 aromatic rings. The van der Waals surface area contributed by atoms with Gasteiger partial charge in [-0.1, -0.05) is 30.8 Å². The summed E-state index contributed by atoms with van der Waals surface area (Å²) in [6.07, 6.45) is 2.80. The number of aromatic nitrogens is 2. The summed E-state index contributed by atoms with van der Waals surface area (Å²) >= 11 is 1.40. The lowest BCUT2D eigenvalue weighted by molar-refractivity contribution is -0.113. The molecule has 0 saturated carbocycles. The minimum Gasteiger partial charge on any atom is -0.497 e. The number of amides is 1. The average molecular weight is 424 g/mol. The number of imidazole rings is 1. The first kappa shape index (κ1) is 21.6. The number of anilines is 1. The molecule has 30 heavy (non-hydrogen) atoms. The van der Waals surface area contributed by atoms with E-state index >= 15 is 0 Å². The molecule has 6 nitrogen and oxygen atoms in total. The molecular formula is C23H25N3O3S. The Morgan fingerprint density at radius 1 is 1.17 bits per heavy atom. The Bertz CT molecular complexity index is 1030. The van der Waals surface area contributed by atoms with Gasteiger partial charge in [-0.2, -0.15) is 0 Å². The van der Waals surface area contributed by atoms with Gasteiger partial charge in [0, 0.05) is 23.4 Å². The number of benzene rings is 2. The maximum Gasteiger partial charge on any atom is 0.234 e. The number of ketones is 1. The highest BCUT2D eigenvalue weighted by molar-refractivity contribution is 7.99. The molecule has 0 saturated heterocycles. The molecule has 1 amide bonds. The van der Waals surface area contributed by atoms with E-state index in [1.165, 1.54) is 18.7 Å². The van der Waals surface area contributed by atoms with Crippen molar-refractivity contribution in [2.45, 2.75) is 32.0 Å². The zero-order valence-corrected chi connectivity index (χ0v) is 18.2. The van der Waals surface area contributed by atoms with Crippen LogP contribution in [0.3, 0.4) is 0 Å². The number of hydrogen-bond donors (Lipinski definition) is 1. The lowest BCUT2D eigenvalue weighted by atomic mass is 10.1. The number of nitrogens with one attached hydrogen (secondary N) is 1. The largest absolute Gasteiger partial charge is 0.497 e. The molecule has 156 valence electrons. The zero-order valence-electron chi connectivity index (χ0n) is 17.3. The predicted molar refractivity (Wildman–Crippen MR) is 120 cm³/mol. The van der Waals surface area contributed by atoms with Crippen LogP contribution in [-0.2, 0) is 11.3 Å². The Hall–Kier alpha value is -3.06. The number of methoxy groups -OCH3 is 1. The Morgan fingerprint density at radius 3 is 2.60 bits per heavy atom. The molecule has 2 aromatic carbocycles. The highest BCUT2D eigenvalue weighted by Gasteiger charge is 2.14. The lowest BCUT2D eigenvalue weighted by Gasteiger charge is -2.11. The molecule has 0 aliphatic heterocycles. The Kier molecular flexibility index (Phi) is 7.30. The van der Waals surface area contributed by atoms with Crippen molar-refractivity contribution in [3.05, 3.63) is 60.3 Å². The van der Waals surface area contributed by atoms with Crippen LogP contribution in [0.2, 0.25) is 0 Å². The zero-order chi connectivity index (χ0) is 21.5. The minimum absolute atomic E-state index is 0.0341. The van der Waals surface area contributed by atoms with E-state index < -0.39 is 0 Å². The van der Waals surface area contributed by atoms with Crippen LogP contribution >= 0.6 is 11.8 Å². The topological polar surface area (TPSA) is 73.2 Å². The van der Waals surface area contributed by atoms with Crippen molar-refractivity contribution in [3.8, 4) is 17.0 Å². The fraction of sp³-hybridized carbons (Fsp3) is 0.261. The first-order valence-electron chi connectivity index (χ1n) is 9.75. The van der Waals surface area contributed by atoms with Crippen LogP contribution in [0.15, 0.2) is 59.9 Å². The molecule has 0 aliphatic rings. The number of rotatable bonds is 9. The van der Waals surface area contributed by atoms with Crippen LogP contribution in [0.1, 0.15) is 30.6 Å². The second-order valence-electron chi connectivity index (χ2n) is 6.78. The highest BCUT2D eigenvalue weighted by atomic mass is 32.2. The van der Waals surface area contributed by atoms with Gasteiger partial charge in [-0.05, 0) is 49.7 Å². The number of nitrogens with zero attached hydrogens (tertiary/aromatic N) is 2. The summed E-state index contributed by atoms with van der Waals surface area (Å²) in [5, 5.41) is 3.65. The van der Waals surface area contributed by atoms with Crippen molar-refractivity contribution in [1.29, 1.82) is 0 Å². The molecule has 0 atom stereocenters. The first-order chi connectivity index (χ1) is 14.5. The number of carbonyl (C=O) groups is 2. The van der Waals surface area contributed by atoms with Crippen molar-refractivity contribution >= 4 is 29.1 Å². The minimum atomic E-state index is -0.141. The van der Waals surface area contributed by atoms with E-state index in [0.717, 1.165) is 35.1 Å². The number of carbonyl (C=O) groups excluding carboxylic acids is 2. The maximum absolute atomic E-state index is 12.4. The quantitative estimate of drug-likeness (QED) is 0.391. The molecule has 7 heteroatoms. The van der Waals surface area contributed by atoms with Gasteiger partial charge in [0.1, 0.15) is 5.75 Å². The standard InChI is InChI=1S/C23H25N3O3S/c1-4-12-26-21(17-8-10-20(29-3)11-9-17)14-24-23(26)30-15-22(28)25-19-7-5-6-18(13-19)16(2)27/h5-11,13-14H,4,12,15H2,1-3H3,(H,25,28). The molecule has 1 N–H and O–H groups in total. The molecule has 0 bridgehead atoms. The van der Waals surface area contributed by atoms with Crippen LogP contribution in [0, 0.1) is 0 Å². The molecule has 0 aliphatic carbocycles. The van der Waals surface area contributed by atoms with E-state index in [2.05, 4.69) is 21.8 Å². The van der Waals surface area contributed by atoms with Gasteiger partial charge in [-0.3, -0.25) is 9.59 Å². The van der Waals surface area contributed by atoms with E-state index in [4.69, 9.17) is 4.74 Å². The van der Waals surface area contributed by atoms with Gasteiger partial charge >= 0.3 is 0 Å². The molecule has 0 fully saturated rings. The number of Topliss-reactive ketones (excluding diaryl/α,β-unsaturated/α-hetero) is 1. The Morgan fingerprint density at radius 2 is 1.93 bits per heavy atom. The second-order valence-corrected chi connectivity index (χ2v) is 7.72. The van der Waals surface area contributed by atoms with Crippen LogP contribution in [-0.4, -0.2) is 34.1 Å². The molecule has 0 unspecified atom stereocenters. The normalized spacial score (nSPS) is 10.6. The summed E-state index contributed by atoms with van der Waals surface area (Å²) in [6.45, 7) is 4.43. The third-order valence-electron chi connectivity index (χ3n) is 4.54. The van der Waals surface area contributed by atoms with Crippen molar-refractivity contribution in [1.82, 2.24) is 9.55 Å². The van der Waals surface area contributed by atoms with E-state index in [9.17, 15) is 9.59 Å². The van der Waals surface area contributed by atoms with E-state index in [1.54, 1.807) is 31.4 Å². The van der Waals surface area contributed by atoms with E-state index in [0.29, 0.717) is 11.3 Å². The highest BCUT2D eigenvalue weighted by Crippen LogP contribution is 2.28. The summed E-state index contributed by atoms with van der Waals surface area (Å²) in [5.41, 5.74) is 3.25. The molecule has 0 spiro atoms. The summed E-state index contributed by atoms with van der Waals surface area (Å²) < 4.78 is 7.37. The van der Waals surface area contributed by atoms with E-state index in [-0.39, 0.29) is 17.4 Å². The summed E-state index contributed by atoms with van der Waals surface area (Å²) in [4.78, 5) is 28.5. The third kappa shape index (κ3) is 5.30. The van der Waals surface area contributed by atoms with Crippen molar-refractivity contribution in [2.24, 2.45) is 0 Å². The number of hydrogen-bond acceptors (Lipinski definition) is 5. The molecular weight excluding hydrogens is 398 g/mol.